The maximum atomic E-state index is 12.3. The number of carbonyl (C=O) groups excluding carboxylic acids is 1. The van der Waals surface area contributed by atoms with E-state index in [1.54, 1.807) is 13.8 Å². The second-order valence-corrected chi connectivity index (χ2v) is 7.49. The normalized spacial score (nSPS) is 15.4. The van der Waals surface area contributed by atoms with Crippen LogP contribution in [0.25, 0.3) is 0 Å². The van der Waals surface area contributed by atoms with Crippen molar-refractivity contribution in [2.75, 3.05) is 0 Å². The molecule has 1 N–H and O–H groups in total. The predicted molar refractivity (Wildman–Crippen MR) is 92.2 cm³/mol. The molecule has 0 aromatic heterocycles. The summed E-state index contributed by atoms with van der Waals surface area (Å²) in [6, 6.07) is 9.92. The molecule has 23 heavy (non-hydrogen) atoms. The molecule has 0 aliphatic heterocycles. The van der Waals surface area contributed by atoms with Gasteiger partial charge in [0.2, 0.25) is 0 Å². The number of carbonyl (C=O) groups is 1. The Morgan fingerprint density at radius 1 is 1.13 bits per heavy atom. The summed E-state index contributed by atoms with van der Waals surface area (Å²) in [5.74, 6) is 0.362. The molecule has 0 saturated heterocycles. The highest BCUT2D eigenvalue weighted by Crippen LogP contribution is 2.24. The molecular weight excluding hydrogens is 288 g/mol. The van der Waals surface area contributed by atoms with E-state index in [2.05, 4.69) is 32.2 Å². The van der Waals surface area contributed by atoms with Gasteiger partial charge in [0.15, 0.2) is 6.10 Å². The second kappa shape index (κ2) is 7.04. The SMILES string of the molecule is CC(Oc1ccc(C(C)(C)C)cc1)C(=O)NC(C)(C#N)C(C)C. The molecule has 2 atom stereocenters. The van der Waals surface area contributed by atoms with Crippen LogP contribution in [0, 0.1) is 17.2 Å². The molecule has 0 aliphatic carbocycles. The van der Waals surface area contributed by atoms with Gasteiger partial charge in [-0.2, -0.15) is 5.26 Å². The van der Waals surface area contributed by atoms with E-state index < -0.39 is 11.6 Å². The number of ether oxygens (including phenoxy) is 1. The van der Waals surface area contributed by atoms with Crippen molar-refractivity contribution in [3.05, 3.63) is 29.8 Å². The van der Waals surface area contributed by atoms with Crippen LogP contribution in [0.4, 0.5) is 0 Å². The van der Waals surface area contributed by atoms with Crippen LogP contribution in [-0.2, 0) is 10.2 Å². The number of hydrogen-bond acceptors (Lipinski definition) is 3. The molecule has 0 radical (unpaired) electrons. The zero-order valence-electron chi connectivity index (χ0n) is 15.2. The molecule has 4 heteroatoms. The fourth-order valence-electron chi connectivity index (χ4n) is 1.95. The van der Waals surface area contributed by atoms with Gasteiger partial charge >= 0.3 is 0 Å². The average molecular weight is 316 g/mol. The lowest BCUT2D eigenvalue weighted by Gasteiger charge is -2.29. The third-order valence-electron chi connectivity index (χ3n) is 4.17. The van der Waals surface area contributed by atoms with Crippen LogP contribution in [0.1, 0.15) is 54.0 Å². The molecule has 1 aromatic rings. The first-order valence-corrected chi connectivity index (χ1v) is 8.00. The van der Waals surface area contributed by atoms with Gasteiger partial charge in [-0.05, 0) is 42.9 Å². The molecule has 0 aliphatic rings. The summed E-state index contributed by atoms with van der Waals surface area (Å²) in [6.45, 7) is 13.7. The predicted octanol–water partition coefficient (Wildman–Crippen LogP) is 3.81. The summed E-state index contributed by atoms with van der Waals surface area (Å²) >= 11 is 0. The fraction of sp³-hybridized carbons (Fsp3) is 0.579. The Labute approximate surface area is 139 Å². The number of amides is 1. The Kier molecular flexibility index (Phi) is 5.82. The number of nitriles is 1. The standard InChI is InChI=1S/C19H28N2O2/c1-13(2)19(7,12-20)21-17(22)14(3)23-16-10-8-15(9-11-16)18(4,5)6/h8-11,13-14H,1-7H3,(H,21,22). The molecule has 126 valence electrons. The minimum atomic E-state index is -0.898. The van der Waals surface area contributed by atoms with Crippen molar-refractivity contribution in [2.24, 2.45) is 5.92 Å². The highest BCUT2D eigenvalue weighted by Gasteiger charge is 2.32. The fourth-order valence-corrected chi connectivity index (χ4v) is 1.95. The van der Waals surface area contributed by atoms with Gasteiger partial charge in [0.25, 0.3) is 5.91 Å². The second-order valence-electron chi connectivity index (χ2n) is 7.49. The van der Waals surface area contributed by atoms with E-state index in [1.165, 1.54) is 5.56 Å². The molecule has 1 aromatic carbocycles. The molecule has 0 heterocycles. The zero-order chi connectivity index (χ0) is 17.8. The van der Waals surface area contributed by atoms with Gasteiger partial charge in [-0.25, -0.2) is 0 Å². The van der Waals surface area contributed by atoms with E-state index in [4.69, 9.17) is 4.74 Å². The highest BCUT2D eigenvalue weighted by atomic mass is 16.5. The van der Waals surface area contributed by atoms with Crippen molar-refractivity contribution in [1.82, 2.24) is 5.32 Å². The summed E-state index contributed by atoms with van der Waals surface area (Å²) in [6.07, 6.45) is -0.665. The third kappa shape index (κ3) is 4.99. The van der Waals surface area contributed by atoms with Gasteiger partial charge < -0.3 is 10.1 Å². The highest BCUT2D eigenvalue weighted by molar-refractivity contribution is 5.81. The first-order chi connectivity index (χ1) is 10.5. The van der Waals surface area contributed by atoms with Crippen molar-refractivity contribution in [1.29, 1.82) is 5.26 Å². The smallest absolute Gasteiger partial charge is 0.262 e. The van der Waals surface area contributed by atoms with E-state index in [1.807, 2.05) is 38.1 Å². The lowest BCUT2D eigenvalue weighted by molar-refractivity contribution is -0.128. The van der Waals surface area contributed by atoms with Gasteiger partial charge in [0.1, 0.15) is 11.3 Å². The van der Waals surface area contributed by atoms with Gasteiger partial charge in [0, 0.05) is 0 Å². The Morgan fingerprint density at radius 3 is 2.04 bits per heavy atom. The number of nitrogens with zero attached hydrogens (tertiary/aromatic N) is 1. The molecule has 0 spiro atoms. The first-order valence-electron chi connectivity index (χ1n) is 8.00. The van der Waals surface area contributed by atoms with Crippen molar-refractivity contribution < 1.29 is 9.53 Å². The van der Waals surface area contributed by atoms with E-state index in [9.17, 15) is 10.1 Å². The minimum Gasteiger partial charge on any atom is -0.481 e. The summed E-state index contributed by atoms with van der Waals surface area (Å²) in [5, 5.41) is 12.1. The maximum absolute atomic E-state index is 12.3. The Bertz CT molecular complexity index is 579. The number of benzene rings is 1. The largest absolute Gasteiger partial charge is 0.481 e. The number of nitrogens with one attached hydrogen (secondary N) is 1. The van der Waals surface area contributed by atoms with Gasteiger partial charge in [-0.3, -0.25) is 4.79 Å². The summed E-state index contributed by atoms with van der Waals surface area (Å²) in [4.78, 5) is 12.3. The van der Waals surface area contributed by atoms with Crippen LogP contribution in [0.3, 0.4) is 0 Å². The zero-order valence-corrected chi connectivity index (χ0v) is 15.2. The van der Waals surface area contributed by atoms with Crippen molar-refractivity contribution in [3.63, 3.8) is 0 Å². The van der Waals surface area contributed by atoms with E-state index in [-0.39, 0.29) is 17.2 Å². The summed E-state index contributed by atoms with van der Waals surface area (Å²) in [7, 11) is 0. The molecule has 0 saturated carbocycles. The van der Waals surface area contributed by atoms with E-state index >= 15 is 0 Å². The lowest BCUT2D eigenvalue weighted by atomic mass is 9.87. The van der Waals surface area contributed by atoms with Crippen LogP contribution < -0.4 is 10.1 Å². The van der Waals surface area contributed by atoms with Gasteiger partial charge in [0.05, 0.1) is 6.07 Å². The van der Waals surface area contributed by atoms with Crippen LogP contribution in [-0.4, -0.2) is 17.6 Å². The Hall–Kier alpha value is -2.02. The third-order valence-corrected chi connectivity index (χ3v) is 4.17. The molecule has 0 bridgehead atoms. The van der Waals surface area contributed by atoms with Gasteiger partial charge in [-0.1, -0.05) is 46.8 Å². The Balaban J connectivity index is 2.74. The molecule has 0 fully saturated rings. The molecular formula is C19H28N2O2. The number of rotatable bonds is 5. The van der Waals surface area contributed by atoms with Crippen LogP contribution in [0.15, 0.2) is 24.3 Å². The monoisotopic (exact) mass is 316 g/mol. The molecule has 2 unspecified atom stereocenters. The minimum absolute atomic E-state index is 0.00900. The van der Waals surface area contributed by atoms with Crippen LogP contribution in [0.2, 0.25) is 0 Å². The molecule has 4 nitrogen and oxygen atoms in total. The summed E-state index contributed by atoms with van der Waals surface area (Å²) < 4.78 is 5.69. The van der Waals surface area contributed by atoms with Crippen molar-refractivity contribution >= 4 is 5.91 Å². The topological polar surface area (TPSA) is 62.1 Å². The molecule has 1 rings (SSSR count). The average Bonchev–Trinajstić information content (AvgIpc) is 2.46. The maximum Gasteiger partial charge on any atom is 0.262 e. The number of hydrogen-bond donors (Lipinski definition) is 1. The first kappa shape index (κ1) is 19.0. The van der Waals surface area contributed by atoms with Crippen LogP contribution in [0.5, 0.6) is 5.75 Å². The van der Waals surface area contributed by atoms with Crippen molar-refractivity contribution in [2.45, 2.75) is 65.5 Å². The lowest BCUT2D eigenvalue weighted by Crippen LogP contribution is -2.52. The summed E-state index contributed by atoms with van der Waals surface area (Å²) in [5.41, 5.74) is 0.386. The van der Waals surface area contributed by atoms with Crippen LogP contribution >= 0.6 is 0 Å². The molecule has 1 amide bonds. The van der Waals surface area contributed by atoms with Crippen molar-refractivity contribution in [3.8, 4) is 11.8 Å². The quantitative estimate of drug-likeness (QED) is 0.898. The van der Waals surface area contributed by atoms with Gasteiger partial charge in [-0.15, -0.1) is 0 Å². The Morgan fingerprint density at radius 2 is 1.65 bits per heavy atom. The van der Waals surface area contributed by atoms with E-state index in [0.29, 0.717) is 5.75 Å². The van der Waals surface area contributed by atoms with E-state index in [0.717, 1.165) is 0 Å².